The van der Waals surface area contributed by atoms with Crippen LogP contribution in [0.4, 0.5) is 13.6 Å². The van der Waals surface area contributed by atoms with Crippen LogP contribution in [-0.2, 0) is 4.79 Å². The molecule has 5 nitrogen and oxygen atoms in total. The molecule has 1 aliphatic heterocycles. The van der Waals surface area contributed by atoms with Gasteiger partial charge in [0.2, 0.25) is 0 Å². The molecular formula is C17H20F2N2O3. The molecule has 130 valence electrons. The summed E-state index contributed by atoms with van der Waals surface area (Å²) in [5, 5.41) is 10.2. The molecule has 1 spiro atoms. The maximum Gasteiger partial charge on any atom is 0.327 e. The van der Waals surface area contributed by atoms with Gasteiger partial charge in [-0.05, 0) is 18.9 Å². The van der Waals surface area contributed by atoms with Gasteiger partial charge in [0.1, 0.15) is 17.2 Å². The number of urea groups is 1. The van der Waals surface area contributed by atoms with Gasteiger partial charge in [-0.3, -0.25) is 9.69 Å². The van der Waals surface area contributed by atoms with Crippen molar-refractivity contribution in [1.29, 1.82) is 0 Å². The smallest absolute Gasteiger partial charge is 0.327 e. The number of hydrogen-bond donors (Lipinski definition) is 1. The first-order chi connectivity index (χ1) is 11.4. The third-order valence-corrected chi connectivity index (χ3v) is 5.16. The zero-order valence-electron chi connectivity index (χ0n) is 13.5. The van der Waals surface area contributed by atoms with Crippen LogP contribution >= 0.6 is 0 Å². The van der Waals surface area contributed by atoms with Crippen molar-refractivity contribution in [2.24, 2.45) is 0 Å². The summed E-state index contributed by atoms with van der Waals surface area (Å²) in [6, 6.07) is 2.34. The largest absolute Gasteiger partial charge is 0.386 e. The fraction of sp³-hybridized carbons (Fsp3) is 0.529. The number of hydrogen-bond acceptors (Lipinski definition) is 3. The molecule has 1 saturated heterocycles. The lowest BCUT2D eigenvalue weighted by Crippen LogP contribution is -2.49. The van der Waals surface area contributed by atoms with Crippen molar-refractivity contribution >= 4 is 11.9 Å². The Labute approximate surface area is 138 Å². The molecule has 2 fully saturated rings. The first-order valence-electron chi connectivity index (χ1n) is 8.09. The van der Waals surface area contributed by atoms with E-state index < -0.39 is 29.3 Å². The van der Waals surface area contributed by atoms with Gasteiger partial charge in [-0.2, -0.15) is 0 Å². The first kappa shape index (κ1) is 16.8. The zero-order valence-corrected chi connectivity index (χ0v) is 13.5. The Morgan fingerprint density at radius 2 is 1.88 bits per heavy atom. The molecule has 1 atom stereocenters. The van der Waals surface area contributed by atoms with Crippen LogP contribution in [0.2, 0.25) is 0 Å². The van der Waals surface area contributed by atoms with Gasteiger partial charge < -0.3 is 10.0 Å². The second kappa shape index (κ2) is 6.12. The van der Waals surface area contributed by atoms with E-state index in [1.54, 1.807) is 7.05 Å². The number of aliphatic hydroxyl groups excluding tert-OH is 1. The lowest BCUT2D eigenvalue weighted by Gasteiger charge is -2.35. The maximum absolute atomic E-state index is 13.8. The molecule has 1 saturated carbocycles. The highest BCUT2D eigenvalue weighted by molar-refractivity contribution is 6.07. The Bertz CT molecular complexity index is 674. The molecule has 1 heterocycles. The highest BCUT2D eigenvalue weighted by atomic mass is 19.1. The molecule has 1 N–H and O–H groups in total. The van der Waals surface area contributed by atoms with Crippen molar-refractivity contribution in [3.63, 3.8) is 0 Å². The number of β-amino-alcohol motifs (C(OH)–C–C–N with tert-alkyl or cyclic N) is 1. The standard InChI is InChI=1S/C17H20F2N2O3/c1-20-16(24)21(15(23)17(20)7-3-2-4-8-17)10-14(22)12-6-5-11(18)9-13(12)19/h5-6,9,14,22H,2-4,7-8,10H2,1H3/t14-/m0/s1. The van der Waals surface area contributed by atoms with Gasteiger partial charge in [0.05, 0.1) is 12.6 Å². The molecule has 3 rings (SSSR count). The average Bonchev–Trinajstić information content (AvgIpc) is 2.72. The number of amides is 3. The summed E-state index contributed by atoms with van der Waals surface area (Å²) in [4.78, 5) is 27.7. The molecule has 7 heteroatoms. The molecular weight excluding hydrogens is 318 g/mol. The highest BCUT2D eigenvalue weighted by Gasteiger charge is 2.55. The molecule has 0 radical (unpaired) electrons. The molecule has 3 amide bonds. The van der Waals surface area contributed by atoms with Crippen molar-refractivity contribution in [3.05, 3.63) is 35.4 Å². The van der Waals surface area contributed by atoms with E-state index in [9.17, 15) is 23.5 Å². The van der Waals surface area contributed by atoms with E-state index in [2.05, 4.69) is 0 Å². The first-order valence-corrected chi connectivity index (χ1v) is 8.09. The van der Waals surface area contributed by atoms with Crippen molar-refractivity contribution in [1.82, 2.24) is 9.80 Å². The number of nitrogens with zero attached hydrogens (tertiary/aromatic N) is 2. The Morgan fingerprint density at radius 1 is 1.21 bits per heavy atom. The number of imide groups is 1. The number of rotatable bonds is 3. The Balaban J connectivity index is 1.82. The Hall–Kier alpha value is -2.02. The van der Waals surface area contributed by atoms with Crippen LogP contribution in [-0.4, -0.2) is 46.0 Å². The van der Waals surface area contributed by atoms with Crippen LogP contribution in [0.25, 0.3) is 0 Å². The van der Waals surface area contributed by atoms with Gasteiger partial charge in [-0.1, -0.05) is 25.3 Å². The van der Waals surface area contributed by atoms with Crippen molar-refractivity contribution < 1.29 is 23.5 Å². The summed E-state index contributed by atoms with van der Waals surface area (Å²) >= 11 is 0. The minimum Gasteiger partial charge on any atom is -0.386 e. The fourth-order valence-electron chi connectivity index (χ4n) is 3.74. The van der Waals surface area contributed by atoms with Gasteiger partial charge in [0, 0.05) is 18.7 Å². The predicted octanol–water partition coefficient (Wildman–Crippen LogP) is 2.60. The lowest BCUT2D eigenvalue weighted by molar-refractivity contribution is -0.135. The number of likely N-dealkylation sites (N-methyl/N-ethyl adjacent to an activating group) is 1. The van der Waals surface area contributed by atoms with E-state index in [1.807, 2.05) is 0 Å². The monoisotopic (exact) mass is 338 g/mol. The topological polar surface area (TPSA) is 60.9 Å². The third kappa shape index (κ3) is 2.56. The normalized spacial score (nSPS) is 21.7. The number of carbonyl (C=O) groups is 2. The van der Waals surface area contributed by atoms with Gasteiger partial charge in [0.25, 0.3) is 5.91 Å². The third-order valence-electron chi connectivity index (χ3n) is 5.16. The van der Waals surface area contributed by atoms with Crippen molar-refractivity contribution in [2.75, 3.05) is 13.6 Å². The number of halogens is 2. The average molecular weight is 338 g/mol. The van der Waals surface area contributed by atoms with Crippen LogP contribution in [0, 0.1) is 11.6 Å². The Kier molecular flexibility index (Phi) is 4.29. The second-order valence-electron chi connectivity index (χ2n) is 6.53. The van der Waals surface area contributed by atoms with Crippen LogP contribution in [0.15, 0.2) is 18.2 Å². The summed E-state index contributed by atoms with van der Waals surface area (Å²) in [6.45, 7) is -0.341. The molecule has 0 aromatic heterocycles. The van der Waals surface area contributed by atoms with Gasteiger partial charge >= 0.3 is 6.03 Å². The second-order valence-corrected chi connectivity index (χ2v) is 6.53. The van der Waals surface area contributed by atoms with E-state index in [1.165, 1.54) is 4.90 Å². The fourth-order valence-corrected chi connectivity index (χ4v) is 3.74. The number of carbonyl (C=O) groups excluding carboxylic acids is 2. The molecule has 2 aliphatic rings. The number of benzene rings is 1. The summed E-state index contributed by atoms with van der Waals surface area (Å²) in [6.07, 6.45) is 2.57. The van der Waals surface area contributed by atoms with E-state index in [0.717, 1.165) is 36.3 Å². The zero-order chi connectivity index (χ0) is 17.5. The summed E-state index contributed by atoms with van der Waals surface area (Å²) in [5.41, 5.74) is -0.972. The number of aliphatic hydroxyl groups is 1. The minimum absolute atomic E-state index is 0.135. The molecule has 1 aromatic carbocycles. The van der Waals surface area contributed by atoms with Gasteiger partial charge in [0.15, 0.2) is 0 Å². The van der Waals surface area contributed by atoms with Crippen LogP contribution in [0.3, 0.4) is 0 Å². The van der Waals surface area contributed by atoms with Crippen molar-refractivity contribution in [3.8, 4) is 0 Å². The summed E-state index contributed by atoms with van der Waals surface area (Å²) < 4.78 is 26.8. The Morgan fingerprint density at radius 3 is 2.50 bits per heavy atom. The van der Waals surface area contributed by atoms with Crippen LogP contribution in [0.1, 0.15) is 43.8 Å². The summed E-state index contributed by atoms with van der Waals surface area (Å²) in [5.74, 6) is -1.99. The van der Waals surface area contributed by atoms with E-state index in [0.29, 0.717) is 18.9 Å². The van der Waals surface area contributed by atoms with Gasteiger partial charge in [-0.25, -0.2) is 13.6 Å². The molecule has 0 unspecified atom stereocenters. The molecule has 24 heavy (non-hydrogen) atoms. The van der Waals surface area contributed by atoms with E-state index in [-0.39, 0.29) is 18.0 Å². The molecule has 0 bridgehead atoms. The van der Waals surface area contributed by atoms with Crippen LogP contribution < -0.4 is 0 Å². The van der Waals surface area contributed by atoms with E-state index >= 15 is 0 Å². The van der Waals surface area contributed by atoms with Crippen LogP contribution in [0.5, 0.6) is 0 Å². The molecule has 1 aromatic rings. The van der Waals surface area contributed by atoms with E-state index in [4.69, 9.17) is 0 Å². The maximum atomic E-state index is 13.8. The molecule has 1 aliphatic carbocycles. The quantitative estimate of drug-likeness (QED) is 0.862. The predicted molar refractivity (Wildman–Crippen MR) is 82.0 cm³/mol. The SMILES string of the molecule is CN1C(=O)N(C[C@H](O)c2ccc(F)cc2F)C(=O)C12CCCCC2. The summed E-state index contributed by atoms with van der Waals surface area (Å²) in [7, 11) is 1.59. The van der Waals surface area contributed by atoms with Gasteiger partial charge in [-0.15, -0.1) is 0 Å². The van der Waals surface area contributed by atoms with Crippen molar-refractivity contribution in [2.45, 2.75) is 43.7 Å². The lowest BCUT2D eigenvalue weighted by atomic mass is 9.80. The highest BCUT2D eigenvalue weighted by Crippen LogP contribution is 2.40. The minimum atomic E-state index is -1.40.